The molecule has 116 valence electrons. The van der Waals surface area contributed by atoms with Gasteiger partial charge in [-0.25, -0.2) is 13.7 Å². The predicted molar refractivity (Wildman–Crippen MR) is 77.0 cm³/mol. The minimum absolute atomic E-state index is 0. The second-order valence-corrected chi connectivity index (χ2v) is 7.87. The van der Waals surface area contributed by atoms with Gasteiger partial charge in [0.15, 0.2) is 0 Å². The fourth-order valence-electron chi connectivity index (χ4n) is 1.48. The zero-order valence-corrected chi connectivity index (χ0v) is 16.0. The minimum atomic E-state index is -3.24. The molecule has 0 radical (unpaired) electrons. The molecule has 0 heterocycles. The molecule has 20 heavy (non-hydrogen) atoms. The van der Waals surface area contributed by atoms with Gasteiger partial charge in [-0.05, 0) is 12.1 Å². The highest BCUT2D eigenvalue weighted by Crippen LogP contribution is 2.40. The molecule has 0 aliphatic carbocycles. The average molecular weight is 415 g/mol. The summed E-state index contributed by atoms with van der Waals surface area (Å²) < 4.78 is 19.2. The van der Waals surface area contributed by atoms with E-state index in [0.717, 1.165) is 0 Å². The van der Waals surface area contributed by atoms with E-state index in [1.54, 1.807) is 12.1 Å². The maximum atomic E-state index is 12.9. The van der Waals surface area contributed by atoms with E-state index in [-0.39, 0.29) is 24.0 Å². The lowest BCUT2D eigenvalue weighted by molar-refractivity contribution is -0.914. The van der Waals surface area contributed by atoms with Gasteiger partial charge in [0.2, 0.25) is 0 Å². The summed E-state index contributed by atoms with van der Waals surface area (Å²) in [6, 6.07) is 9.13. The van der Waals surface area contributed by atoms with Crippen molar-refractivity contribution in [2.45, 2.75) is 0 Å². The monoisotopic (exact) mass is 415 g/mol. The average Bonchev–Trinajstić information content (AvgIpc) is 2.11. The van der Waals surface area contributed by atoms with Gasteiger partial charge in [0.05, 0.1) is 42.3 Å². The van der Waals surface area contributed by atoms with Gasteiger partial charge in [0, 0.05) is 0 Å². The zero-order chi connectivity index (χ0) is 14.7. The Balaban J connectivity index is 0.00000361. The Hall–Kier alpha value is -0.180. The highest BCUT2D eigenvalue weighted by molar-refractivity contribution is 7.54. The van der Waals surface area contributed by atoms with Crippen molar-refractivity contribution in [1.82, 2.24) is 10.4 Å². The molecule has 1 aromatic carbocycles. The molecule has 0 bridgehead atoms. The number of hydrogen-bond donors (Lipinski definition) is 2. The van der Waals surface area contributed by atoms with E-state index in [2.05, 4.69) is 10.4 Å². The molecule has 8 heteroatoms. The number of rotatable bonds is 6. The van der Waals surface area contributed by atoms with E-state index in [1.807, 2.05) is 60.5 Å². The van der Waals surface area contributed by atoms with Crippen LogP contribution >= 0.6 is 7.67 Å². The molecular weight excluding hydrogens is 390 g/mol. The summed E-state index contributed by atoms with van der Waals surface area (Å²) in [7, 11) is 8.08. The van der Waals surface area contributed by atoms with Crippen LogP contribution in [0.1, 0.15) is 0 Å². The summed E-state index contributed by atoms with van der Waals surface area (Å²) in [4.78, 5) is 0. The van der Waals surface area contributed by atoms with E-state index in [4.69, 9.17) is 4.52 Å². The molecule has 1 aromatic rings. The van der Waals surface area contributed by atoms with Crippen molar-refractivity contribution in [3.63, 3.8) is 0 Å². The molecule has 6 nitrogen and oxygen atoms in total. The van der Waals surface area contributed by atoms with E-state index in [9.17, 15) is 4.57 Å². The van der Waals surface area contributed by atoms with Gasteiger partial charge < -0.3 is 28.5 Å². The summed E-state index contributed by atoms with van der Waals surface area (Å²) in [5.41, 5.74) is 0. The number of nitrogens with zero attached hydrogens (tertiary/aromatic N) is 2. The summed E-state index contributed by atoms with van der Waals surface area (Å²) in [6.45, 7) is 0. The number of hydrogen-bond acceptors (Lipinski definition) is 2. The van der Waals surface area contributed by atoms with Crippen molar-refractivity contribution >= 4 is 7.67 Å². The van der Waals surface area contributed by atoms with Crippen LogP contribution < -0.4 is 38.9 Å². The van der Waals surface area contributed by atoms with Crippen molar-refractivity contribution in [3.05, 3.63) is 30.3 Å². The Morgan fingerprint density at radius 1 is 0.900 bits per heavy atom. The highest BCUT2D eigenvalue weighted by Gasteiger charge is 2.37. The first-order valence-corrected chi connectivity index (χ1v) is 7.68. The highest BCUT2D eigenvalue weighted by atomic mass is 127. The van der Waals surface area contributed by atoms with Crippen LogP contribution in [0.4, 0.5) is 0 Å². The lowest BCUT2D eigenvalue weighted by Crippen LogP contribution is -3.00. The Labute approximate surface area is 138 Å². The largest absolute Gasteiger partial charge is 1.00 e. The first-order valence-electron chi connectivity index (χ1n) is 6.06. The van der Waals surface area contributed by atoms with E-state index in [0.29, 0.717) is 14.9 Å². The van der Waals surface area contributed by atoms with Crippen LogP contribution in [0.3, 0.4) is 0 Å². The number of halogens is 1. The first-order chi connectivity index (χ1) is 8.49. The van der Waals surface area contributed by atoms with Crippen LogP contribution in [0.5, 0.6) is 5.75 Å². The molecule has 0 fully saturated rings. The molecule has 2 N–H and O–H groups in total. The predicted octanol–water partition coefficient (Wildman–Crippen LogP) is -1.40. The molecule has 0 saturated heterocycles. The van der Waals surface area contributed by atoms with Crippen molar-refractivity contribution in [2.75, 3.05) is 42.3 Å². The Morgan fingerprint density at radius 2 is 1.30 bits per heavy atom. The van der Waals surface area contributed by atoms with E-state index >= 15 is 0 Å². The van der Waals surface area contributed by atoms with E-state index < -0.39 is 7.67 Å². The molecule has 1 rings (SSSR count). The summed E-state index contributed by atoms with van der Waals surface area (Å²) >= 11 is 0. The Morgan fingerprint density at radius 3 is 1.65 bits per heavy atom. The lowest BCUT2D eigenvalue weighted by Gasteiger charge is -2.33. The number of para-hydroxylation sites is 1. The second kappa shape index (κ2) is 7.20. The van der Waals surface area contributed by atoms with Crippen LogP contribution in [0, 0.1) is 0 Å². The van der Waals surface area contributed by atoms with Crippen molar-refractivity contribution < 1.29 is 42.2 Å². The van der Waals surface area contributed by atoms with Gasteiger partial charge in [-0.15, -0.1) is 0 Å². The van der Waals surface area contributed by atoms with Gasteiger partial charge >= 0.3 is 7.67 Å². The fourth-order valence-corrected chi connectivity index (χ4v) is 3.61. The molecule has 0 aromatic heterocycles. The van der Waals surface area contributed by atoms with Gasteiger partial charge in [-0.3, -0.25) is 0 Å². The van der Waals surface area contributed by atoms with Crippen LogP contribution in [0.25, 0.3) is 0 Å². The zero-order valence-electron chi connectivity index (χ0n) is 12.9. The number of quaternary nitrogens is 2. The summed E-state index contributed by atoms with van der Waals surface area (Å²) in [5.74, 6) is 0.563. The third-order valence-electron chi connectivity index (χ3n) is 1.84. The molecule has 0 unspecified atom stereocenters. The molecule has 0 aliphatic heterocycles. The Bertz CT molecular complexity index is 437. The minimum Gasteiger partial charge on any atom is -1.00 e. The third kappa shape index (κ3) is 8.18. The molecule has 0 atom stereocenters. The van der Waals surface area contributed by atoms with Gasteiger partial charge in [-0.1, -0.05) is 28.6 Å². The number of nitrogens with one attached hydrogen (secondary N) is 2. The van der Waals surface area contributed by atoms with Gasteiger partial charge in [0.1, 0.15) is 5.75 Å². The summed E-state index contributed by atoms with van der Waals surface area (Å²) in [6.07, 6.45) is 0. The maximum absolute atomic E-state index is 12.9. The fraction of sp³-hybridized carbons (Fsp3) is 0.500. The summed E-state index contributed by atoms with van der Waals surface area (Å²) in [5, 5.41) is 5.96. The molecule has 0 saturated carbocycles. The normalized spacial score (nSPS) is 12.7. The van der Waals surface area contributed by atoms with Gasteiger partial charge in [-0.2, -0.15) is 0 Å². The van der Waals surface area contributed by atoms with Gasteiger partial charge in [0.25, 0.3) is 0 Å². The van der Waals surface area contributed by atoms with Crippen molar-refractivity contribution in [3.8, 4) is 5.75 Å². The molecular formula is C12H25IN4O2P+. The molecule has 0 aliphatic rings. The standard InChI is InChI=1S/C12H25N4O2P.HI/c1-15(2,3)13-19(17,14-16(4,5)6)18-12-10-8-7-9-11-12;/h7-11H,1-6H3,(H2,13,14,17);1H/q+2;/p-1. The SMILES string of the molecule is C[N+](C)(C)NP(=O)(N[N+](C)(C)C)Oc1ccccc1.[I-]. The van der Waals surface area contributed by atoms with Crippen LogP contribution in [-0.2, 0) is 4.57 Å². The van der Waals surface area contributed by atoms with E-state index in [1.165, 1.54) is 0 Å². The third-order valence-corrected chi connectivity index (χ3v) is 4.03. The molecule has 0 amide bonds. The lowest BCUT2D eigenvalue weighted by atomic mass is 10.3. The smallest absolute Gasteiger partial charge is 0.478 e. The number of benzene rings is 1. The molecule has 0 spiro atoms. The van der Waals surface area contributed by atoms with Crippen LogP contribution in [-0.4, -0.2) is 51.5 Å². The van der Waals surface area contributed by atoms with Crippen LogP contribution in [0.2, 0.25) is 0 Å². The Kier molecular flexibility index (Phi) is 7.13. The quantitative estimate of drug-likeness (QED) is 0.260. The topological polar surface area (TPSA) is 50.4 Å². The first kappa shape index (κ1) is 19.8. The van der Waals surface area contributed by atoms with Crippen LogP contribution in [0.15, 0.2) is 30.3 Å². The van der Waals surface area contributed by atoms with Crippen molar-refractivity contribution in [1.29, 1.82) is 0 Å². The van der Waals surface area contributed by atoms with Crippen molar-refractivity contribution in [2.24, 2.45) is 0 Å². The maximum Gasteiger partial charge on any atom is 0.478 e. The second-order valence-electron chi connectivity index (χ2n) is 6.18.